The van der Waals surface area contributed by atoms with E-state index in [0.717, 1.165) is 31.2 Å². The van der Waals surface area contributed by atoms with Crippen molar-refractivity contribution in [3.05, 3.63) is 24.3 Å². The van der Waals surface area contributed by atoms with E-state index in [1.807, 2.05) is 37.6 Å². The van der Waals surface area contributed by atoms with Crippen molar-refractivity contribution in [2.75, 3.05) is 44.8 Å². The molecule has 1 aliphatic heterocycles. The normalized spacial score (nSPS) is 16.6. The average molecular weight is 321 g/mol. The van der Waals surface area contributed by atoms with Crippen molar-refractivity contribution in [3.63, 3.8) is 0 Å². The number of thioether (sulfide) groups is 1. The molecule has 22 heavy (non-hydrogen) atoms. The zero-order chi connectivity index (χ0) is 15.8. The summed E-state index contributed by atoms with van der Waals surface area (Å²) in [5, 5.41) is 6.20. The van der Waals surface area contributed by atoms with E-state index < -0.39 is 0 Å². The zero-order valence-electron chi connectivity index (χ0n) is 13.6. The first-order chi connectivity index (χ1) is 10.7. The highest BCUT2D eigenvalue weighted by molar-refractivity contribution is 7.98. The molecule has 2 N–H and O–H groups in total. The van der Waals surface area contributed by atoms with Crippen LogP contribution < -0.4 is 10.6 Å². The van der Waals surface area contributed by atoms with Gasteiger partial charge in [0.1, 0.15) is 0 Å². The van der Waals surface area contributed by atoms with E-state index in [1.165, 1.54) is 24.2 Å². The van der Waals surface area contributed by atoms with Crippen molar-refractivity contribution in [3.8, 4) is 0 Å². The molecule has 0 atom stereocenters. The van der Waals surface area contributed by atoms with Crippen LogP contribution in [0.15, 0.2) is 29.2 Å². The molecule has 0 spiro atoms. The molecular formula is C17H27N3OS. The maximum Gasteiger partial charge on any atom is 0.238 e. The first kappa shape index (κ1) is 17.3. The molecule has 1 fully saturated rings. The van der Waals surface area contributed by atoms with E-state index >= 15 is 0 Å². The number of nitrogens with zero attached hydrogens (tertiary/aromatic N) is 1. The number of anilines is 1. The minimum atomic E-state index is 0.0885. The Balaban J connectivity index is 1.71. The Labute approximate surface area is 138 Å². The average Bonchev–Trinajstić information content (AvgIpc) is 2.55. The van der Waals surface area contributed by atoms with Crippen molar-refractivity contribution in [2.45, 2.75) is 24.2 Å². The monoisotopic (exact) mass is 321 g/mol. The second-order valence-corrected chi connectivity index (χ2v) is 6.77. The van der Waals surface area contributed by atoms with Gasteiger partial charge in [0.05, 0.1) is 6.54 Å². The van der Waals surface area contributed by atoms with Crippen LogP contribution in [0.3, 0.4) is 0 Å². The van der Waals surface area contributed by atoms with Gasteiger partial charge in [-0.25, -0.2) is 0 Å². The number of amides is 1. The number of piperidine rings is 1. The summed E-state index contributed by atoms with van der Waals surface area (Å²) in [4.78, 5) is 15.6. The van der Waals surface area contributed by atoms with Crippen molar-refractivity contribution < 1.29 is 4.79 Å². The van der Waals surface area contributed by atoms with Gasteiger partial charge in [-0.15, -0.1) is 11.8 Å². The van der Waals surface area contributed by atoms with Gasteiger partial charge in [-0.1, -0.05) is 0 Å². The third-order valence-corrected chi connectivity index (χ3v) is 4.99. The maximum absolute atomic E-state index is 12.1. The standard InChI is InChI=1S/C17H27N3OS/c1-18-10-7-14-8-11-20(12-9-14)13-17(21)19-15-3-5-16(22-2)6-4-15/h3-6,14,18H,7-13H2,1-2H3,(H,19,21). The summed E-state index contributed by atoms with van der Waals surface area (Å²) in [6.45, 7) is 3.67. The van der Waals surface area contributed by atoms with Gasteiger partial charge in [0.15, 0.2) is 0 Å². The lowest BCUT2D eigenvalue weighted by Crippen LogP contribution is -2.39. The summed E-state index contributed by atoms with van der Waals surface area (Å²) in [5.74, 6) is 0.899. The van der Waals surface area contributed by atoms with Crippen molar-refractivity contribution in [2.24, 2.45) is 5.92 Å². The Hall–Kier alpha value is -1.04. The van der Waals surface area contributed by atoms with E-state index in [2.05, 4.69) is 15.5 Å². The number of nitrogens with one attached hydrogen (secondary N) is 2. The van der Waals surface area contributed by atoms with Gasteiger partial charge < -0.3 is 10.6 Å². The van der Waals surface area contributed by atoms with Gasteiger partial charge in [0.2, 0.25) is 5.91 Å². The van der Waals surface area contributed by atoms with Gasteiger partial charge >= 0.3 is 0 Å². The molecule has 0 aliphatic carbocycles. The number of carbonyl (C=O) groups excluding carboxylic acids is 1. The fourth-order valence-corrected chi connectivity index (χ4v) is 3.27. The van der Waals surface area contributed by atoms with Gasteiger partial charge in [0, 0.05) is 10.6 Å². The molecule has 0 saturated carbocycles. The molecule has 1 aliphatic rings. The first-order valence-electron chi connectivity index (χ1n) is 8.02. The molecular weight excluding hydrogens is 294 g/mol. The molecule has 1 aromatic carbocycles. The second-order valence-electron chi connectivity index (χ2n) is 5.89. The van der Waals surface area contributed by atoms with Crippen LogP contribution in [0.25, 0.3) is 0 Å². The number of carbonyl (C=O) groups is 1. The Morgan fingerprint density at radius 2 is 1.95 bits per heavy atom. The molecule has 1 saturated heterocycles. The van der Waals surface area contributed by atoms with Gasteiger partial charge in [-0.3, -0.25) is 9.69 Å². The Morgan fingerprint density at radius 1 is 1.27 bits per heavy atom. The molecule has 2 rings (SSSR count). The fourth-order valence-electron chi connectivity index (χ4n) is 2.86. The molecule has 4 nitrogen and oxygen atoms in total. The predicted octanol–water partition coefficient (Wildman–Crippen LogP) is 2.67. The van der Waals surface area contributed by atoms with Crippen LogP contribution in [0.2, 0.25) is 0 Å². The molecule has 0 radical (unpaired) electrons. The summed E-state index contributed by atoms with van der Waals surface area (Å²) in [6, 6.07) is 8.00. The zero-order valence-corrected chi connectivity index (χ0v) is 14.4. The lowest BCUT2D eigenvalue weighted by molar-refractivity contribution is -0.117. The third-order valence-electron chi connectivity index (χ3n) is 4.25. The van der Waals surface area contributed by atoms with Crippen LogP contribution in [-0.4, -0.2) is 50.3 Å². The molecule has 1 heterocycles. The molecule has 0 bridgehead atoms. The van der Waals surface area contributed by atoms with Crippen LogP contribution in [0, 0.1) is 5.92 Å². The Kier molecular flexibility index (Phi) is 7.22. The smallest absolute Gasteiger partial charge is 0.238 e. The summed E-state index contributed by atoms with van der Waals surface area (Å²) >= 11 is 1.71. The lowest BCUT2D eigenvalue weighted by Gasteiger charge is -2.31. The van der Waals surface area contributed by atoms with Crippen LogP contribution in [0.1, 0.15) is 19.3 Å². The highest BCUT2D eigenvalue weighted by Gasteiger charge is 2.20. The number of likely N-dealkylation sites (tertiary alicyclic amines) is 1. The third kappa shape index (κ3) is 5.63. The van der Waals surface area contributed by atoms with Crippen LogP contribution in [0.4, 0.5) is 5.69 Å². The van der Waals surface area contributed by atoms with Gasteiger partial charge in [-0.05, 0) is 82.4 Å². The highest BCUT2D eigenvalue weighted by atomic mass is 32.2. The highest BCUT2D eigenvalue weighted by Crippen LogP contribution is 2.20. The maximum atomic E-state index is 12.1. The van der Waals surface area contributed by atoms with Crippen molar-refractivity contribution in [1.29, 1.82) is 0 Å². The second kappa shape index (κ2) is 9.18. The quantitative estimate of drug-likeness (QED) is 0.758. The molecule has 1 amide bonds. The summed E-state index contributed by atoms with van der Waals surface area (Å²) in [6.07, 6.45) is 5.71. The van der Waals surface area contributed by atoms with E-state index in [1.54, 1.807) is 11.8 Å². The SMILES string of the molecule is CNCCC1CCN(CC(=O)Nc2ccc(SC)cc2)CC1. The lowest BCUT2D eigenvalue weighted by atomic mass is 9.93. The molecule has 5 heteroatoms. The van der Waals surface area contributed by atoms with E-state index in [9.17, 15) is 4.79 Å². The van der Waals surface area contributed by atoms with Crippen LogP contribution >= 0.6 is 11.8 Å². The predicted molar refractivity (Wildman–Crippen MR) is 94.6 cm³/mol. The summed E-state index contributed by atoms with van der Waals surface area (Å²) < 4.78 is 0. The molecule has 0 aromatic heterocycles. The van der Waals surface area contributed by atoms with E-state index in [0.29, 0.717) is 6.54 Å². The molecule has 0 unspecified atom stereocenters. The van der Waals surface area contributed by atoms with E-state index in [4.69, 9.17) is 0 Å². The first-order valence-corrected chi connectivity index (χ1v) is 9.24. The van der Waals surface area contributed by atoms with Gasteiger partial charge in [0.25, 0.3) is 0 Å². The minimum absolute atomic E-state index is 0.0885. The largest absolute Gasteiger partial charge is 0.325 e. The number of hydrogen-bond acceptors (Lipinski definition) is 4. The molecule has 122 valence electrons. The molecule has 1 aromatic rings. The van der Waals surface area contributed by atoms with Crippen LogP contribution in [-0.2, 0) is 4.79 Å². The summed E-state index contributed by atoms with van der Waals surface area (Å²) in [7, 11) is 2.01. The number of rotatable bonds is 7. The minimum Gasteiger partial charge on any atom is -0.325 e. The number of benzene rings is 1. The summed E-state index contributed by atoms with van der Waals surface area (Å²) in [5.41, 5.74) is 0.881. The topological polar surface area (TPSA) is 44.4 Å². The number of hydrogen-bond donors (Lipinski definition) is 2. The van der Waals surface area contributed by atoms with Crippen molar-refractivity contribution in [1.82, 2.24) is 10.2 Å². The van der Waals surface area contributed by atoms with Gasteiger partial charge in [-0.2, -0.15) is 0 Å². The van der Waals surface area contributed by atoms with Crippen LogP contribution in [0.5, 0.6) is 0 Å². The fraction of sp³-hybridized carbons (Fsp3) is 0.588. The van der Waals surface area contributed by atoms with Crippen molar-refractivity contribution >= 4 is 23.4 Å². The Morgan fingerprint density at radius 3 is 2.55 bits per heavy atom. The Bertz CT molecular complexity index is 455. The van der Waals surface area contributed by atoms with E-state index in [-0.39, 0.29) is 5.91 Å².